The third kappa shape index (κ3) is 5.54. The molecule has 0 saturated carbocycles. The predicted octanol–water partition coefficient (Wildman–Crippen LogP) is 2.23. The van der Waals surface area contributed by atoms with Crippen molar-refractivity contribution in [2.45, 2.75) is 56.4 Å². The maximum absolute atomic E-state index is 12.8. The number of rotatable bonds is 7. The van der Waals surface area contributed by atoms with Crippen molar-refractivity contribution in [3.8, 4) is 0 Å². The van der Waals surface area contributed by atoms with Crippen molar-refractivity contribution in [3.05, 3.63) is 29.8 Å². The van der Waals surface area contributed by atoms with E-state index in [1.807, 2.05) is 0 Å². The molecular formula is C18H26N2O5S. The van der Waals surface area contributed by atoms with Crippen molar-refractivity contribution < 1.29 is 23.1 Å². The Morgan fingerprint density at radius 1 is 1.19 bits per heavy atom. The fraction of sp³-hybridized carbons (Fsp3) is 0.556. The molecule has 2 rings (SSSR count). The molecule has 7 nitrogen and oxygen atoms in total. The van der Waals surface area contributed by atoms with Gasteiger partial charge in [-0.2, -0.15) is 4.31 Å². The minimum Gasteiger partial charge on any atom is -0.481 e. The second-order valence-electron chi connectivity index (χ2n) is 6.65. The number of carbonyl (C=O) groups excluding carboxylic acids is 1. The number of carbonyl (C=O) groups is 2. The van der Waals surface area contributed by atoms with Gasteiger partial charge in [0.15, 0.2) is 0 Å². The number of aliphatic carboxylic acids is 1. The fourth-order valence-electron chi connectivity index (χ4n) is 2.95. The molecule has 1 amide bonds. The molecule has 1 unspecified atom stereocenters. The minimum absolute atomic E-state index is 0.0369. The molecule has 2 N–H and O–H groups in total. The molecule has 144 valence electrons. The number of carboxylic acids is 1. The standard InChI is InChI=1S/C18H26N2O5S/c1-14(9-10-17(21)22)19-18(23)15-7-6-8-16(13-15)26(24,25)20-11-4-2-3-5-12-20/h6-8,13-14H,2-5,9-12H2,1H3,(H,19,23)(H,21,22). The third-order valence-corrected chi connectivity index (χ3v) is 6.36. The summed E-state index contributed by atoms with van der Waals surface area (Å²) >= 11 is 0. The number of amides is 1. The van der Waals surface area contributed by atoms with E-state index >= 15 is 0 Å². The van der Waals surface area contributed by atoms with Gasteiger partial charge in [-0.1, -0.05) is 18.9 Å². The maximum atomic E-state index is 12.8. The molecule has 0 bridgehead atoms. The Hall–Kier alpha value is -1.93. The van der Waals surface area contributed by atoms with Crippen molar-refractivity contribution in [3.63, 3.8) is 0 Å². The van der Waals surface area contributed by atoms with Crippen LogP contribution in [0, 0.1) is 0 Å². The lowest BCUT2D eigenvalue weighted by Crippen LogP contribution is -2.34. The van der Waals surface area contributed by atoms with Crippen LogP contribution in [0.1, 0.15) is 55.8 Å². The van der Waals surface area contributed by atoms with Crippen molar-refractivity contribution >= 4 is 21.9 Å². The van der Waals surface area contributed by atoms with Crippen LogP contribution in [-0.4, -0.2) is 48.8 Å². The van der Waals surface area contributed by atoms with E-state index < -0.39 is 21.9 Å². The lowest BCUT2D eigenvalue weighted by Gasteiger charge is -2.20. The molecule has 1 aliphatic heterocycles. The predicted molar refractivity (Wildman–Crippen MR) is 97.5 cm³/mol. The summed E-state index contributed by atoms with van der Waals surface area (Å²) in [7, 11) is -3.62. The molecule has 1 fully saturated rings. The van der Waals surface area contributed by atoms with Crippen LogP contribution in [0.15, 0.2) is 29.2 Å². The Morgan fingerprint density at radius 2 is 1.85 bits per heavy atom. The molecule has 1 atom stereocenters. The first-order chi connectivity index (χ1) is 12.3. The summed E-state index contributed by atoms with van der Waals surface area (Å²) in [4.78, 5) is 23.1. The molecule has 1 aromatic carbocycles. The highest BCUT2D eigenvalue weighted by Gasteiger charge is 2.26. The number of sulfonamides is 1. The van der Waals surface area contributed by atoms with Crippen molar-refractivity contribution in [2.75, 3.05) is 13.1 Å². The second-order valence-corrected chi connectivity index (χ2v) is 8.59. The number of nitrogens with zero attached hydrogens (tertiary/aromatic N) is 1. The summed E-state index contributed by atoms with van der Waals surface area (Å²) in [6.45, 7) is 2.73. The van der Waals surface area contributed by atoms with Gasteiger partial charge >= 0.3 is 5.97 Å². The van der Waals surface area contributed by atoms with Crippen molar-refractivity contribution in [1.29, 1.82) is 0 Å². The summed E-state index contributed by atoms with van der Waals surface area (Å²) in [6.07, 6.45) is 4.03. The van der Waals surface area contributed by atoms with Crippen LogP contribution >= 0.6 is 0 Å². The van der Waals surface area contributed by atoms with E-state index in [0.29, 0.717) is 19.5 Å². The molecule has 1 aromatic rings. The lowest BCUT2D eigenvalue weighted by molar-refractivity contribution is -0.137. The summed E-state index contributed by atoms with van der Waals surface area (Å²) in [6, 6.07) is 5.69. The van der Waals surface area contributed by atoms with Gasteiger partial charge in [0.2, 0.25) is 10.0 Å². The highest BCUT2D eigenvalue weighted by molar-refractivity contribution is 7.89. The second kappa shape index (κ2) is 9.14. The number of nitrogens with one attached hydrogen (secondary N) is 1. The first kappa shape index (κ1) is 20.4. The van der Waals surface area contributed by atoms with Crippen LogP contribution in [-0.2, 0) is 14.8 Å². The molecule has 1 aliphatic rings. The zero-order valence-corrected chi connectivity index (χ0v) is 15.8. The first-order valence-electron chi connectivity index (χ1n) is 8.93. The molecular weight excluding hydrogens is 356 g/mol. The number of benzene rings is 1. The van der Waals surface area contributed by atoms with Gasteiger partial charge in [-0.05, 0) is 44.4 Å². The monoisotopic (exact) mass is 382 g/mol. The average Bonchev–Trinajstić information content (AvgIpc) is 2.90. The number of hydrogen-bond donors (Lipinski definition) is 2. The Kier molecular flexibility index (Phi) is 7.16. The van der Waals surface area contributed by atoms with Crippen LogP contribution in [0.5, 0.6) is 0 Å². The largest absolute Gasteiger partial charge is 0.481 e. The van der Waals surface area contributed by atoms with Crippen LogP contribution in [0.25, 0.3) is 0 Å². The topological polar surface area (TPSA) is 104 Å². The van der Waals surface area contributed by atoms with Crippen LogP contribution in [0.2, 0.25) is 0 Å². The Balaban J connectivity index is 2.11. The number of hydrogen-bond acceptors (Lipinski definition) is 4. The van der Waals surface area contributed by atoms with Gasteiger partial charge in [0.1, 0.15) is 0 Å². The fourth-order valence-corrected chi connectivity index (χ4v) is 4.51. The lowest BCUT2D eigenvalue weighted by atomic mass is 10.1. The van der Waals surface area contributed by atoms with E-state index in [1.54, 1.807) is 19.1 Å². The summed E-state index contributed by atoms with van der Waals surface area (Å²) < 4.78 is 27.2. The van der Waals surface area contributed by atoms with Crippen LogP contribution in [0.3, 0.4) is 0 Å². The Morgan fingerprint density at radius 3 is 2.46 bits per heavy atom. The van der Waals surface area contributed by atoms with E-state index in [2.05, 4.69) is 5.32 Å². The van der Waals surface area contributed by atoms with Crippen molar-refractivity contribution in [2.24, 2.45) is 0 Å². The zero-order chi connectivity index (χ0) is 19.2. The van der Waals surface area contributed by atoms with E-state index in [-0.39, 0.29) is 22.9 Å². The molecule has 0 aliphatic carbocycles. The molecule has 1 saturated heterocycles. The van der Waals surface area contributed by atoms with Gasteiger partial charge in [0.25, 0.3) is 5.91 Å². The van der Waals surface area contributed by atoms with Gasteiger partial charge < -0.3 is 10.4 Å². The van der Waals surface area contributed by atoms with Crippen LogP contribution in [0.4, 0.5) is 0 Å². The van der Waals surface area contributed by atoms with Gasteiger partial charge in [-0.25, -0.2) is 8.42 Å². The van der Waals surface area contributed by atoms with E-state index in [9.17, 15) is 18.0 Å². The summed E-state index contributed by atoms with van der Waals surface area (Å²) in [5.41, 5.74) is 0.253. The molecule has 26 heavy (non-hydrogen) atoms. The van der Waals surface area contributed by atoms with E-state index in [1.165, 1.54) is 16.4 Å². The highest BCUT2D eigenvalue weighted by Crippen LogP contribution is 2.21. The van der Waals surface area contributed by atoms with Crippen molar-refractivity contribution in [1.82, 2.24) is 9.62 Å². The zero-order valence-electron chi connectivity index (χ0n) is 15.0. The molecule has 0 radical (unpaired) electrons. The minimum atomic E-state index is -3.62. The molecule has 1 heterocycles. The normalized spacial score (nSPS) is 17.3. The van der Waals surface area contributed by atoms with Gasteiger partial charge in [-0.15, -0.1) is 0 Å². The summed E-state index contributed by atoms with van der Waals surface area (Å²) in [5.74, 6) is -1.33. The maximum Gasteiger partial charge on any atom is 0.303 e. The SMILES string of the molecule is CC(CCC(=O)O)NC(=O)c1cccc(S(=O)(=O)N2CCCCCC2)c1. The molecule has 0 spiro atoms. The third-order valence-electron chi connectivity index (χ3n) is 4.47. The van der Waals surface area contributed by atoms with Crippen LogP contribution < -0.4 is 5.32 Å². The van der Waals surface area contributed by atoms with E-state index in [0.717, 1.165) is 25.7 Å². The van der Waals surface area contributed by atoms with Gasteiger partial charge in [0, 0.05) is 31.1 Å². The molecule has 0 aromatic heterocycles. The first-order valence-corrected chi connectivity index (χ1v) is 10.4. The quantitative estimate of drug-likeness (QED) is 0.753. The van der Waals surface area contributed by atoms with Gasteiger partial charge in [-0.3, -0.25) is 9.59 Å². The summed E-state index contributed by atoms with van der Waals surface area (Å²) in [5, 5.41) is 11.4. The Labute approximate surface area is 154 Å². The highest BCUT2D eigenvalue weighted by atomic mass is 32.2. The van der Waals surface area contributed by atoms with E-state index in [4.69, 9.17) is 5.11 Å². The van der Waals surface area contributed by atoms with Gasteiger partial charge in [0.05, 0.1) is 4.90 Å². The average molecular weight is 382 g/mol. The Bertz CT molecular complexity index is 740. The molecule has 8 heteroatoms. The number of carboxylic acid groups (broad SMARTS) is 1. The smallest absolute Gasteiger partial charge is 0.303 e.